The van der Waals surface area contributed by atoms with E-state index in [1.165, 1.54) is 6.26 Å². The molecule has 0 bridgehead atoms. The number of hydrogen-bond acceptors (Lipinski definition) is 5. The number of furan rings is 1. The summed E-state index contributed by atoms with van der Waals surface area (Å²) in [5.41, 5.74) is 1.88. The molecule has 0 aliphatic rings. The fourth-order valence-electron chi connectivity index (χ4n) is 2.88. The average Bonchev–Trinajstić information content (AvgIpc) is 3.38. The van der Waals surface area contributed by atoms with Crippen LogP contribution in [-0.4, -0.2) is 23.3 Å². The molecule has 28 heavy (non-hydrogen) atoms. The second kappa shape index (κ2) is 7.84. The number of ketones is 1. The molecule has 0 fully saturated rings. The van der Waals surface area contributed by atoms with Gasteiger partial charge in [0, 0.05) is 28.2 Å². The molecule has 0 aliphatic carbocycles. The van der Waals surface area contributed by atoms with Crippen molar-refractivity contribution in [1.29, 1.82) is 0 Å². The van der Waals surface area contributed by atoms with E-state index in [1.807, 2.05) is 54.6 Å². The van der Waals surface area contributed by atoms with Gasteiger partial charge in [-0.2, -0.15) is 0 Å². The molecule has 0 spiro atoms. The Kier molecular flexibility index (Phi) is 4.93. The molecular weight excluding hydrogens is 358 g/mol. The van der Waals surface area contributed by atoms with Crippen molar-refractivity contribution in [3.05, 3.63) is 90.0 Å². The first-order valence-electron chi connectivity index (χ1n) is 8.73. The van der Waals surface area contributed by atoms with Gasteiger partial charge in [-0.25, -0.2) is 4.79 Å². The van der Waals surface area contributed by atoms with Gasteiger partial charge >= 0.3 is 5.97 Å². The van der Waals surface area contributed by atoms with E-state index in [9.17, 15) is 9.59 Å². The summed E-state index contributed by atoms with van der Waals surface area (Å²) in [6.07, 6.45) is 3.01. The number of Topliss-reactive ketones (excluding diaryl/α,β-unsaturated/α-hetero) is 1. The first-order chi connectivity index (χ1) is 13.7. The van der Waals surface area contributed by atoms with E-state index in [0.717, 1.165) is 10.9 Å². The number of H-pyrrole nitrogens is 1. The lowest BCUT2D eigenvalue weighted by molar-refractivity contribution is 0.0441. The molecule has 4 aromatic rings. The maximum atomic E-state index is 12.4. The summed E-state index contributed by atoms with van der Waals surface area (Å²) in [4.78, 5) is 27.8. The van der Waals surface area contributed by atoms with Crippen LogP contribution in [0.1, 0.15) is 26.5 Å². The normalized spacial score (nSPS) is 10.7. The van der Waals surface area contributed by atoms with Gasteiger partial charge in [-0.1, -0.05) is 36.4 Å². The van der Waals surface area contributed by atoms with Crippen molar-refractivity contribution in [2.75, 3.05) is 6.61 Å². The first-order valence-corrected chi connectivity index (χ1v) is 8.73. The Bertz CT molecular complexity index is 1110. The van der Waals surface area contributed by atoms with E-state index in [2.05, 4.69) is 4.98 Å². The number of aromatic nitrogens is 1. The van der Waals surface area contributed by atoms with Crippen LogP contribution in [0.5, 0.6) is 5.75 Å². The molecular formula is C22H17NO5. The highest BCUT2D eigenvalue weighted by atomic mass is 16.5. The number of benzene rings is 2. The van der Waals surface area contributed by atoms with Crippen molar-refractivity contribution in [2.45, 2.75) is 6.61 Å². The molecule has 0 atom stereocenters. The Balaban J connectivity index is 1.39. The predicted molar refractivity (Wildman–Crippen MR) is 102 cm³/mol. The highest BCUT2D eigenvalue weighted by Gasteiger charge is 2.20. The zero-order chi connectivity index (χ0) is 19.3. The molecule has 0 amide bonds. The standard InChI is InChI=1S/C22H17NO5/c24-20(18-12-23-19-9-5-4-8-17(18)19)14-28-22(25)21-15(10-11-26-21)13-27-16-6-2-1-3-7-16/h1-12,23H,13-14H2. The summed E-state index contributed by atoms with van der Waals surface area (Å²) in [7, 11) is 0. The number of rotatable bonds is 7. The molecule has 2 heterocycles. The molecule has 140 valence electrons. The van der Waals surface area contributed by atoms with Crippen molar-refractivity contribution >= 4 is 22.7 Å². The second-order valence-corrected chi connectivity index (χ2v) is 6.12. The van der Waals surface area contributed by atoms with Crippen LogP contribution in [0.2, 0.25) is 0 Å². The van der Waals surface area contributed by atoms with Gasteiger partial charge in [0.25, 0.3) is 0 Å². The van der Waals surface area contributed by atoms with Gasteiger partial charge in [-0.3, -0.25) is 4.79 Å². The number of carbonyl (C=O) groups is 2. The van der Waals surface area contributed by atoms with Crippen LogP contribution in [0.25, 0.3) is 10.9 Å². The van der Waals surface area contributed by atoms with Crippen LogP contribution >= 0.6 is 0 Å². The second-order valence-electron chi connectivity index (χ2n) is 6.12. The number of nitrogens with one attached hydrogen (secondary N) is 1. The molecule has 6 nitrogen and oxygen atoms in total. The molecule has 1 N–H and O–H groups in total. The van der Waals surface area contributed by atoms with Crippen molar-refractivity contribution in [3.63, 3.8) is 0 Å². The quantitative estimate of drug-likeness (QED) is 0.383. The Labute approximate surface area is 160 Å². The number of ether oxygens (including phenoxy) is 2. The Morgan fingerprint density at radius 2 is 1.75 bits per heavy atom. The third kappa shape index (κ3) is 3.66. The third-order valence-corrected chi connectivity index (χ3v) is 4.29. The number of fused-ring (bicyclic) bond motifs is 1. The lowest BCUT2D eigenvalue weighted by Crippen LogP contribution is -2.15. The number of carbonyl (C=O) groups excluding carboxylic acids is 2. The maximum absolute atomic E-state index is 12.4. The van der Waals surface area contributed by atoms with Gasteiger partial charge in [-0.15, -0.1) is 0 Å². The Hall–Kier alpha value is -3.80. The topological polar surface area (TPSA) is 81.5 Å². The smallest absolute Gasteiger partial charge is 0.375 e. The van der Waals surface area contributed by atoms with E-state index in [0.29, 0.717) is 16.9 Å². The molecule has 0 aliphatic heterocycles. The largest absolute Gasteiger partial charge is 0.489 e. The minimum Gasteiger partial charge on any atom is -0.489 e. The number of esters is 1. The predicted octanol–water partition coefficient (Wildman–Crippen LogP) is 4.38. The van der Waals surface area contributed by atoms with Crippen LogP contribution in [0, 0.1) is 0 Å². The van der Waals surface area contributed by atoms with Crippen LogP contribution in [0.4, 0.5) is 0 Å². The Morgan fingerprint density at radius 1 is 0.964 bits per heavy atom. The zero-order valence-corrected chi connectivity index (χ0v) is 14.9. The average molecular weight is 375 g/mol. The SMILES string of the molecule is O=C(OCC(=O)c1c[nH]c2ccccc12)c1occc1COc1ccccc1. The van der Waals surface area contributed by atoms with Crippen molar-refractivity contribution in [3.8, 4) is 5.75 Å². The van der Waals surface area contributed by atoms with Crippen molar-refractivity contribution in [2.24, 2.45) is 0 Å². The van der Waals surface area contributed by atoms with Crippen LogP contribution in [0.15, 0.2) is 77.5 Å². The van der Waals surface area contributed by atoms with E-state index < -0.39 is 5.97 Å². The van der Waals surface area contributed by atoms with Crippen molar-refractivity contribution < 1.29 is 23.5 Å². The fraction of sp³-hybridized carbons (Fsp3) is 0.0909. The summed E-state index contributed by atoms with van der Waals surface area (Å²) in [6.45, 7) is -0.221. The summed E-state index contributed by atoms with van der Waals surface area (Å²) in [5, 5.41) is 0.790. The number of aromatic amines is 1. The minimum atomic E-state index is -0.704. The van der Waals surface area contributed by atoms with Gasteiger partial charge < -0.3 is 18.9 Å². The molecule has 0 saturated carbocycles. The third-order valence-electron chi connectivity index (χ3n) is 4.29. The van der Waals surface area contributed by atoms with E-state index in [1.54, 1.807) is 12.3 Å². The van der Waals surface area contributed by atoms with Gasteiger partial charge in [0.2, 0.25) is 11.5 Å². The van der Waals surface area contributed by atoms with Crippen LogP contribution in [-0.2, 0) is 11.3 Å². The monoisotopic (exact) mass is 375 g/mol. The lowest BCUT2D eigenvalue weighted by atomic mass is 10.1. The molecule has 2 aromatic carbocycles. The van der Waals surface area contributed by atoms with E-state index in [4.69, 9.17) is 13.9 Å². The molecule has 0 radical (unpaired) electrons. The van der Waals surface area contributed by atoms with Crippen LogP contribution < -0.4 is 4.74 Å². The number of hydrogen-bond donors (Lipinski definition) is 1. The fourth-order valence-corrected chi connectivity index (χ4v) is 2.88. The van der Waals surface area contributed by atoms with E-state index >= 15 is 0 Å². The molecule has 6 heteroatoms. The maximum Gasteiger partial charge on any atom is 0.375 e. The summed E-state index contributed by atoms with van der Waals surface area (Å²) in [5.74, 6) is -0.288. The highest BCUT2D eigenvalue weighted by Crippen LogP contribution is 2.19. The van der Waals surface area contributed by atoms with Crippen LogP contribution in [0.3, 0.4) is 0 Å². The Morgan fingerprint density at radius 3 is 2.61 bits per heavy atom. The van der Waals surface area contributed by atoms with E-state index in [-0.39, 0.29) is 24.8 Å². The van der Waals surface area contributed by atoms with Gasteiger partial charge in [0.1, 0.15) is 12.4 Å². The van der Waals surface area contributed by atoms with Gasteiger partial charge in [0.15, 0.2) is 6.61 Å². The highest BCUT2D eigenvalue weighted by molar-refractivity contribution is 6.09. The molecule has 0 unspecified atom stereocenters. The molecule has 0 saturated heterocycles. The minimum absolute atomic E-state index is 0.0302. The lowest BCUT2D eigenvalue weighted by Gasteiger charge is -2.06. The zero-order valence-electron chi connectivity index (χ0n) is 14.9. The summed E-state index contributed by atoms with van der Waals surface area (Å²) >= 11 is 0. The van der Waals surface area contributed by atoms with Gasteiger partial charge in [0.05, 0.1) is 6.26 Å². The summed E-state index contributed by atoms with van der Waals surface area (Å²) in [6, 6.07) is 18.3. The first kappa shape index (κ1) is 17.6. The van der Waals surface area contributed by atoms with Gasteiger partial charge in [-0.05, 0) is 24.3 Å². The summed E-state index contributed by atoms with van der Waals surface area (Å²) < 4.78 is 16.0. The molecule has 4 rings (SSSR count). The number of para-hydroxylation sites is 2. The van der Waals surface area contributed by atoms with Crippen molar-refractivity contribution in [1.82, 2.24) is 4.98 Å². The molecule has 2 aromatic heterocycles.